The molecule has 2 rings (SSSR count). The van der Waals surface area contributed by atoms with Gasteiger partial charge in [0.25, 0.3) is 0 Å². The van der Waals surface area contributed by atoms with Crippen molar-refractivity contribution in [2.75, 3.05) is 11.9 Å². The number of benzene rings is 1. The van der Waals surface area contributed by atoms with Crippen LogP contribution in [0.5, 0.6) is 0 Å². The van der Waals surface area contributed by atoms with E-state index in [2.05, 4.69) is 10.3 Å². The summed E-state index contributed by atoms with van der Waals surface area (Å²) in [6.45, 7) is 0.137. The van der Waals surface area contributed by atoms with Crippen LogP contribution in [0, 0.1) is 5.82 Å². The second-order valence-corrected chi connectivity index (χ2v) is 4.16. The van der Waals surface area contributed by atoms with Crippen LogP contribution < -0.4 is 5.32 Å². The zero-order valence-electron chi connectivity index (χ0n) is 9.48. The summed E-state index contributed by atoms with van der Waals surface area (Å²) in [6, 6.07) is 9.51. The van der Waals surface area contributed by atoms with Gasteiger partial charge in [0, 0.05) is 18.3 Å². The van der Waals surface area contributed by atoms with Crippen molar-refractivity contribution in [1.82, 2.24) is 4.98 Å². The van der Waals surface area contributed by atoms with Gasteiger partial charge in [-0.3, -0.25) is 0 Å². The van der Waals surface area contributed by atoms with Crippen LogP contribution in [0.25, 0.3) is 0 Å². The maximum absolute atomic E-state index is 13.4. The van der Waals surface area contributed by atoms with Crippen molar-refractivity contribution in [3.8, 4) is 0 Å². The van der Waals surface area contributed by atoms with E-state index in [0.717, 1.165) is 0 Å². The number of aromatic nitrogens is 1. The molecular weight excluding hydrogens is 255 g/mol. The Morgan fingerprint density at radius 3 is 2.78 bits per heavy atom. The van der Waals surface area contributed by atoms with E-state index < -0.39 is 11.9 Å². The van der Waals surface area contributed by atoms with E-state index in [1.54, 1.807) is 36.5 Å². The molecule has 1 atom stereocenters. The van der Waals surface area contributed by atoms with Crippen molar-refractivity contribution in [2.45, 2.75) is 6.10 Å². The number of hydrogen-bond acceptors (Lipinski definition) is 3. The first-order valence-corrected chi connectivity index (χ1v) is 5.83. The molecule has 0 saturated carbocycles. The van der Waals surface area contributed by atoms with Crippen molar-refractivity contribution in [2.24, 2.45) is 0 Å². The van der Waals surface area contributed by atoms with Gasteiger partial charge in [-0.1, -0.05) is 29.8 Å². The Morgan fingerprint density at radius 2 is 2.06 bits per heavy atom. The van der Waals surface area contributed by atoms with Crippen LogP contribution in [-0.2, 0) is 0 Å². The van der Waals surface area contributed by atoms with Crippen LogP contribution >= 0.6 is 11.6 Å². The first kappa shape index (κ1) is 12.8. The quantitative estimate of drug-likeness (QED) is 0.894. The lowest BCUT2D eigenvalue weighted by Crippen LogP contribution is -2.14. The fraction of sp³-hybridized carbons (Fsp3) is 0.154. The van der Waals surface area contributed by atoms with Gasteiger partial charge in [-0.25, -0.2) is 9.37 Å². The van der Waals surface area contributed by atoms with Crippen LogP contribution in [-0.4, -0.2) is 16.6 Å². The summed E-state index contributed by atoms with van der Waals surface area (Å²) in [5.74, 6) is 0.0356. The third-order valence-corrected chi connectivity index (χ3v) is 2.79. The topological polar surface area (TPSA) is 45.1 Å². The Bertz CT molecular complexity index is 536. The summed E-state index contributed by atoms with van der Waals surface area (Å²) < 4.78 is 13.4. The summed E-state index contributed by atoms with van der Waals surface area (Å²) in [5.41, 5.74) is 0.247. The highest BCUT2D eigenvalue weighted by Gasteiger charge is 2.12. The third kappa shape index (κ3) is 2.97. The molecular formula is C13H12ClFN2O. The largest absolute Gasteiger partial charge is 0.386 e. The number of nitrogens with one attached hydrogen (secondary N) is 1. The molecule has 0 bridgehead atoms. The lowest BCUT2D eigenvalue weighted by atomic mass is 10.1. The molecule has 0 fully saturated rings. The summed E-state index contributed by atoms with van der Waals surface area (Å²) in [7, 11) is 0. The fourth-order valence-electron chi connectivity index (χ4n) is 1.56. The SMILES string of the molecule is O[C@H](CNc1ncccc1Cl)c1ccccc1F. The highest BCUT2D eigenvalue weighted by atomic mass is 35.5. The van der Waals surface area contributed by atoms with E-state index in [9.17, 15) is 9.50 Å². The molecule has 0 aliphatic rings. The smallest absolute Gasteiger partial charge is 0.144 e. The van der Waals surface area contributed by atoms with Crippen LogP contribution in [0.4, 0.5) is 10.2 Å². The minimum atomic E-state index is -0.954. The van der Waals surface area contributed by atoms with E-state index in [4.69, 9.17) is 11.6 Å². The van der Waals surface area contributed by atoms with Crippen molar-refractivity contribution < 1.29 is 9.50 Å². The zero-order chi connectivity index (χ0) is 13.0. The van der Waals surface area contributed by atoms with E-state index >= 15 is 0 Å². The van der Waals surface area contributed by atoms with Gasteiger partial charge in [0.05, 0.1) is 11.1 Å². The van der Waals surface area contributed by atoms with Gasteiger partial charge in [-0.2, -0.15) is 0 Å². The van der Waals surface area contributed by atoms with Gasteiger partial charge in [0.2, 0.25) is 0 Å². The monoisotopic (exact) mass is 266 g/mol. The number of nitrogens with zero attached hydrogens (tertiary/aromatic N) is 1. The molecule has 1 aromatic carbocycles. The number of aliphatic hydroxyl groups is 1. The van der Waals surface area contributed by atoms with Crippen molar-refractivity contribution in [3.63, 3.8) is 0 Å². The van der Waals surface area contributed by atoms with Gasteiger partial charge >= 0.3 is 0 Å². The van der Waals surface area contributed by atoms with Gasteiger partial charge < -0.3 is 10.4 Å². The molecule has 1 aromatic heterocycles. The van der Waals surface area contributed by atoms with Crippen molar-refractivity contribution >= 4 is 17.4 Å². The number of hydrogen-bond donors (Lipinski definition) is 2. The summed E-state index contributed by atoms with van der Waals surface area (Å²) in [5, 5.41) is 13.2. The standard InChI is InChI=1S/C13H12ClFN2O/c14-10-5-3-7-16-13(10)17-8-12(18)9-4-1-2-6-11(9)15/h1-7,12,18H,8H2,(H,16,17)/t12-/m1/s1. The lowest BCUT2D eigenvalue weighted by Gasteiger charge is -2.13. The minimum Gasteiger partial charge on any atom is -0.386 e. The normalized spacial score (nSPS) is 12.2. The van der Waals surface area contributed by atoms with E-state index in [1.165, 1.54) is 6.07 Å². The molecule has 0 spiro atoms. The zero-order valence-corrected chi connectivity index (χ0v) is 10.2. The molecule has 3 nitrogen and oxygen atoms in total. The molecule has 2 N–H and O–H groups in total. The number of aliphatic hydroxyl groups excluding tert-OH is 1. The average Bonchev–Trinajstić information content (AvgIpc) is 2.38. The van der Waals surface area contributed by atoms with Crippen LogP contribution in [0.15, 0.2) is 42.6 Å². The average molecular weight is 267 g/mol. The lowest BCUT2D eigenvalue weighted by molar-refractivity contribution is 0.186. The number of pyridine rings is 1. The summed E-state index contributed by atoms with van der Waals surface area (Å²) in [6.07, 6.45) is 0.633. The van der Waals surface area contributed by atoms with Crippen molar-refractivity contribution in [3.05, 3.63) is 59.0 Å². The van der Waals surface area contributed by atoms with E-state index in [-0.39, 0.29) is 12.1 Å². The molecule has 2 aromatic rings. The van der Waals surface area contributed by atoms with Gasteiger partial charge in [-0.05, 0) is 18.2 Å². The Labute approximate surface area is 109 Å². The predicted octanol–water partition coefficient (Wildman–Crippen LogP) is 3.02. The maximum atomic E-state index is 13.4. The molecule has 0 unspecified atom stereocenters. The van der Waals surface area contributed by atoms with Gasteiger partial charge in [-0.15, -0.1) is 0 Å². The maximum Gasteiger partial charge on any atom is 0.144 e. The molecule has 0 aliphatic carbocycles. The predicted molar refractivity (Wildman–Crippen MR) is 69.1 cm³/mol. The Kier molecular flexibility index (Phi) is 4.12. The molecule has 0 amide bonds. The third-order valence-electron chi connectivity index (χ3n) is 2.49. The number of halogens is 2. The molecule has 18 heavy (non-hydrogen) atoms. The fourth-order valence-corrected chi connectivity index (χ4v) is 1.75. The second-order valence-electron chi connectivity index (χ2n) is 3.75. The molecule has 0 aliphatic heterocycles. The molecule has 94 valence electrons. The van der Waals surface area contributed by atoms with Crippen LogP contribution in [0.2, 0.25) is 5.02 Å². The minimum absolute atomic E-state index is 0.137. The Morgan fingerprint density at radius 1 is 1.28 bits per heavy atom. The number of anilines is 1. The Balaban J connectivity index is 2.03. The first-order valence-electron chi connectivity index (χ1n) is 5.45. The second kappa shape index (κ2) is 5.80. The molecule has 1 heterocycles. The summed E-state index contributed by atoms with van der Waals surface area (Å²) in [4.78, 5) is 4.02. The van der Waals surface area contributed by atoms with Crippen molar-refractivity contribution in [1.29, 1.82) is 0 Å². The number of rotatable bonds is 4. The highest BCUT2D eigenvalue weighted by Crippen LogP contribution is 2.20. The van der Waals surface area contributed by atoms with Crippen LogP contribution in [0.1, 0.15) is 11.7 Å². The van der Waals surface area contributed by atoms with E-state index in [1.807, 2.05) is 0 Å². The van der Waals surface area contributed by atoms with E-state index in [0.29, 0.717) is 10.8 Å². The molecule has 5 heteroatoms. The van der Waals surface area contributed by atoms with Gasteiger partial charge in [0.1, 0.15) is 11.6 Å². The van der Waals surface area contributed by atoms with Gasteiger partial charge in [0.15, 0.2) is 0 Å². The van der Waals surface area contributed by atoms with Crippen LogP contribution in [0.3, 0.4) is 0 Å². The molecule has 0 saturated heterocycles. The molecule has 0 radical (unpaired) electrons. The Hall–Kier alpha value is -1.65. The first-order chi connectivity index (χ1) is 8.68. The highest BCUT2D eigenvalue weighted by molar-refractivity contribution is 6.32. The summed E-state index contributed by atoms with van der Waals surface area (Å²) >= 11 is 5.90.